The van der Waals surface area contributed by atoms with Crippen molar-refractivity contribution in [3.05, 3.63) is 100 Å². The molecule has 6 aromatic rings. The van der Waals surface area contributed by atoms with E-state index in [0.29, 0.717) is 28.7 Å². The van der Waals surface area contributed by atoms with E-state index in [1.807, 2.05) is 47.8 Å². The maximum atomic E-state index is 13.0. The summed E-state index contributed by atoms with van der Waals surface area (Å²) >= 11 is 1.49. The van der Waals surface area contributed by atoms with Gasteiger partial charge >= 0.3 is 0 Å². The second-order valence-corrected chi connectivity index (χ2v) is 8.58. The molecule has 6 rings (SSSR count). The van der Waals surface area contributed by atoms with Crippen molar-refractivity contribution in [3.63, 3.8) is 0 Å². The summed E-state index contributed by atoms with van der Waals surface area (Å²) in [6.45, 7) is 0. The standard InChI is InChI=1S/C25H16N6O4S/c32-23-14-16(15-6-2-1-3-7-15)26-25(28-23)31-22(13-17(29-31)21-9-5-11-36-21)27-24(33)18-12-20(35-30-18)19-8-4-10-34-19/h1-14H,(H,27,33)(H,26,28,32). The van der Waals surface area contributed by atoms with Crippen LogP contribution in [0.25, 0.3) is 39.3 Å². The topological polar surface area (TPSA) is 132 Å². The molecule has 0 radical (unpaired) electrons. The molecule has 1 aromatic carbocycles. The Balaban J connectivity index is 1.39. The summed E-state index contributed by atoms with van der Waals surface area (Å²) in [5, 5.41) is 13.2. The van der Waals surface area contributed by atoms with E-state index >= 15 is 0 Å². The first kappa shape index (κ1) is 21.5. The highest BCUT2D eigenvalue weighted by Gasteiger charge is 2.20. The normalized spacial score (nSPS) is 11.0. The number of benzene rings is 1. The predicted molar refractivity (Wildman–Crippen MR) is 133 cm³/mol. The van der Waals surface area contributed by atoms with Crippen LogP contribution in [-0.4, -0.2) is 30.8 Å². The quantitative estimate of drug-likeness (QED) is 0.337. The van der Waals surface area contributed by atoms with Gasteiger partial charge in [0.1, 0.15) is 11.5 Å². The first-order valence-corrected chi connectivity index (χ1v) is 11.6. The van der Waals surface area contributed by atoms with Gasteiger partial charge in [0, 0.05) is 23.8 Å². The minimum atomic E-state index is -0.531. The van der Waals surface area contributed by atoms with Gasteiger partial charge in [-0.1, -0.05) is 41.6 Å². The lowest BCUT2D eigenvalue weighted by atomic mass is 10.1. The Hall–Kier alpha value is -5.03. The zero-order chi connectivity index (χ0) is 24.5. The Morgan fingerprint density at radius 2 is 1.86 bits per heavy atom. The summed E-state index contributed by atoms with van der Waals surface area (Å²) in [4.78, 5) is 33.7. The van der Waals surface area contributed by atoms with E-state index in [-0.39, 0.29) is 17.2 Å². The molecule has 0 unspecified atom stereocenters. The number of amides is 1. The monoisotopic (exact) mass is 496 g/mol. The minimum absolute atomic E-state index is 0.0475. The highest BCUT2D eigenvalue weighted by atomic mass is 32.1. The number of furan rings is 1. The Labute approximate surface area is 206 Å². The molecule has 0 spiro atoms. The van der Waals surface area contributed by atoms with E-state index in [1.54, 1.807) is 18.2 Å². The molecule has 0 aliphatic rings. The van der Waals surface area contributed by atoms with Gasteiger partial charge in [0.25, 0.3) is 11.5 Å². The molecule has 0 fully saturated rings. The van der Waals surface area contributed by atoms with Gasteiger partial charge in [-0.05, 0) is 23.6 Å². The van der Waals surface area contributed by atoms with Crippen LogP contribution in [0.4, 0.5) is 5.82 Å². The lowest BCUT2D eigenvalue weighted by Gasteiger charge is -2.08. The Morgan fingerprint density at radius 1 is 0.972 bits per heavy atom. The van der Waals surface area contributed by atoms with Crippen molar-refractivity contribution in [3.8, 4) is 39.3 Å². The molecule has 10 nitrogen and oxygen atoms in total. The van der Waals surface area contributed by atoms with Crippen LogP contribution >= 0.6 is 11.3 Å². The number of hydrogen-bond acceptors (Lipinski definition) is 8. The first-order chi connectivity index (χ1) is 17.6. The summed E-state index contributed by atoms with van der Waals surface area (Å²) in [6, 6.07) is 21.1. The van der Waals surface area contributed by atoms with E-state index in [0.717, 1.165) is 10.4 Å². The zero-order valence-corrected chi connectivity index (χ0v) is 19.2. The number of carbonyl (C=O) groups is 1. The Bertz CT molecular complexity index is 1700. The molecule has 0 aliphatic heterocycles. The first-order valence-electron chi connectivity index (χ1n) is 10.8. The van der Waals surface area contributed by atoms with Crippen molar-refractivity contribution in [1.29, 1.82) is 0 Å². The second-order valence-electron chi connectivity index (χ2n) is 7.63. The van der Waals surface area contributed by atoms with Gasteiger partial charge in [-0.2, -0.15) is 9.78 Å². The van der Waals surface area contributed by atoms with Crippen LogP contribution in [0.5, 0.6) is 0 Å². The van der Waals surface area contributed by atoms with Crippen molar-refractivity contribution in [2.24, 2.45) is 0 Å². The average molecular weight is 497 g/mol. The molecule has 0 saturated heterocycles. The van der Waals surface area contributed by atoms with Crippen LogP contribution in [0.15, 0.2) is 98.2 Å². The SMILES string of the molecule is O=C(Nc1cc(-c2cccs2)nn1-c1nc(-c2ccccc2)cc(=O)[nH]1)c1cc(-c2ccco2)on1. The summed E-state index contributed by atoms with van der Waals surface area (Å²) in [5.41, 5.74) is 1.54. The van der Waals surface area contributed by atoms with Crippen LogP contribution in [-0.2, 0) is 0 Å². The molecule has 0 aliphatic carbocycles. The molecule has 0 atom stereocenters. The third-order valence-corrected chi connectivity index (χ3v) is 6.12. The van der Waals surface area contributed by atoms with Crippen LogP contribution in [0.1, 0.15) is 10.5 Å². The summed E-state index contributed by atoms with van der Waals surface area (Å²) in [6.07, 6.45) is 1.50. The third kappa shape index (κ3) is 4.14. The number of thiophene rings is 1. The van der Waals surface area contributed by atoms with E-state index in [2.05, 4.69) is 25.5 Å². The largest absolute Gasteiger partial charge is 0.461 e. The molecule has 176 valence electrons. The van der Waals surface area contributed by atoms with Gasteiger partial charge in [-0.3, -0.25) is 14.6 Å². The Morgan fingerprint density at radius 3 is 2.64 bits per heavy atom. The van der Waals surface area contributed by atoms with E-state index < -0.39 is 5.91 Å². The van der Waals surface area contributed by atoms with Crippen molar-refractivity contribution < 1.29 is 13.7 Å². The number of carbonyl (C=O) groups excluding carboxylic acids is 1. The fourth-order valence-corrected chi connectivity index (χ4v) is 4.26. The number of aromatic amines is 1. The highest BCUT2D eigenvalue weighted by Crippen LogP contribution is 2.28. The fourth-order valence-electron chi connectivity index (χ4n) is 3.58. The number of nitrogens with zero attached hydrogens (tertiary/aromatic N) is 4. The maximum absolute atomic E-state index is 13.0. The Kier molecular flexibility index (Phi) is 5.35. The van der Waals surface area contributed by atoms with Gasteiger partial charge in [0.05, 0.1) is 16.8 Å². The number of anilines is 1. The second kappa shape index (κ2) is 8.96. The van der Waals surface area contributed by atoms with Crippen LogP contribution < -0.4 is 10.9 Å². The van der Waals surface area contributed by atoms with Gasteiger partial charge in [-0.25, -0.2) is 4.98 Å². The molecule has 5 aromatic heterocycles. The highest BCUT2D eigenvalue weighted by molar-refractivity contribution is 7.13. The molecular formula is C25H16N6O4S. The molecule has 36 heavy (non-hydrogen) atoms. The summed E-state index contributed by atoms with van der Waals surface area (Å²) in [5.74, 6) is 0.678. The minimum Gasteiger partial charge on any atom is -0.461 e. The van der Waals surface area contributed by atoms with Crippen LogP contribution in [0.2, 0.25) is 0 Å². The predicted octanol–water partition coefficient (Wildman–Crippen LogP) is 4.85. The van der Waals surface area contributed by atoms with Gasteiger partial charge in [-0.15, -0.1) is 11.3 Å². The molecule has 0 saturated carbocycles. The van der Waals surface area contributed by atoms with Crippen LogP contribution in [0.3, 0.4) is 0 Å². The van der Waals surface area contributed by atoms with E-state index in [1.165, 1.54) is 34.4 Å². The van der Waals surface area contributed by atoms with Crippen molar-refractivity contribution in [1.82, 2.24) is 24.9 Å². The number of hydrogen-bond donors (Lipinski definition) is 2. The molecule has 2 N–H and O–H groups in total. The van der Waals surface area contributed by atoms with Gasteiger partial charge < -0.3 is 14.3 Å². The lowest BCUT2D eigenvalue weighted by Crippen LogP contribution is -2.19. The van der Waals surface area contributed by atoms with E-state index in [9.17, 15) is 9.59 Å². The lowest BCUT2D eigenvalue weighted by molar-refractivity contribution is 0.101. The van der Waals surface area contributed by atoms with Crippen molar-refractivity contribution >= 4 is 23.1 Å². The zero-order valence-electron chi connectivity index (χ0n) is 18.4. The van der Waals surface area contributed by atoms with Crippen molar-refractivity contribution in [2.45, 2.75) is 0 Å². The summed E-state index contributed by atoms with van der Waals surface area (Å²) in [7, 11) is 0. The number of nitrogens with one attached hydrogen (secondary N) is 2. The summed E-state index contributed by atoms with van der Waals surface area (Å²) < 4.78 is 11.9. The number of rotatable bonds is 6. The molecule has 0 bridgehead atoms. The molecule has 1 amide bonds. The maximum Gasteiger partial charge on any atom is 0.279 e. The van der Waals surface area contributed by atoms with Gasteiger partial charge in [0.15, 0.2) is 11.5 Å². The average Bonchev–Trinajstić information content (AvgIpc) is 3.70. The molecule has 5 heterocycles. The van der Waals surface area contributed by atoms with Crippen molar-refractivity contribution in [2.75, 3.05) is 5.32 Å². The third-order valence-electron chi connectivity index (χ3n) is 5.23. The van der Waals surface area contributed by atoms with E-state index in [4.69, 9.17) is 8.94 Å². The smallest absolute Gasteiger partial charge is 0.279 e. The molecular weight excluding hydrogens is 480 g/mol. The number of H-pyrrole nitrogens is 1. The van der Waals surface area contributed by atoms with Crippen LogP contribution in [0, 0.1) is 0 Å². The van der Waals surface area contributed by atoms with Gasteiger partial charge in [0.2, 0.25) is 11.7 Å². The number of aromatic nitrogens is 5. The fraction of sp³-hybridized carbons (Fsp3) is 0. The molecule has 11 heteroatoms.